The molecule has 1 rings (SSSR count). The van der Waals surface area contributed by atoms with Crippen LogP contribution in [-0.4, -0.2) is 10.4 Å². The molecule has 0 unspecified atom stereocenters. The lowest BCUT2D eigenvalue weighted by Gasteiger charge is -2.16. The zero-order chi connectivity index (χ0) is 10.8. The number of aryl methyl sites for hydroxylation is 1. The summed E-state index contributed by atoms with van der Waals surface area (Å²) in [4.78, 5) is 10.8. The van der Waals surface area contributed by atoms with Gasteiger partial charge in [0.15, 0.2) is 0 Å². The minimum atomic E-state index is 0.196. The molecule has 0 spiro atoms. The Labute approximate surface area is 85.9 Å². The molecule has 1 aromatic rings. The zero-order valence-corrected chi connectivity index (χ0v) is 9.50. The van der Waals surface area contributed by atoms with Crippen molar-refractivity contribution < 1.29 is 4.79 Å². The highest BCUT2D eigenvalue weighted by Crippen LogP contribution is 2.22. The Hall–Kier alpha value is -1.05. The summed E-state index contributed by atoms with van der Waals surface area (Å²) in [6.45, 7) is 9.01. The average Bonchev–Trinajstić information content (AvgIpc) is 2.47. The Bertz CT molecular complexity index is 317. The van der Waals surface area contributed by atoms with Crippen molar-refractivity contribution in [1.82, 2.24) is 4.57 Å². The van der Waals surface area contributed by atoms with Gasteiger partial charge in [-0.15, -0.1) is 0 Å². The molecule has 0 atom stereocenters. The van der Waals surface area contributed by atoms with Crippen molar-refractivity contribution in [3.63, 3.8) is 0 Å². The van der Waals surface area contributed by atoms with Crippen LogP contribution in [0.5, 0.6) is 0 Å². The number of hydrogen-bond donors (Lipinski definition) is 0. The second-order valence-electron chi connectivity index (χ2n) is 4.84. The van der Waals surface area contributed by atoms with Gasteiger partial charge in [-0.1, -0.05) is 20.8 Å². The van der Waals surface area contributed by atoms with E-state index in [1.54, 1.807) is 6.92 Å². The van der Waals surface area contributed by atoms with Crippen LogP contribution in [0.3, 0.4) is 0 Å². The Morgan fingerprint density at radius 1 is 1.43 bits per heavy atom. The minimum absolute atomic E-state index is 0.196. The van der Waals surface area contributed by atoms with Crippen molar-refractivity contribution in [3.8, 4) is 0 Å². The Morgan fingerprint density at radius 3 is 2.50 bits per heavy atom. The molecule has 0 saturated heterocycles. The Balaban J connectivity index is 2.64. The molecule has 78 valence electrons. The van der Waals surface area contributed by atoms with E-state index in [0.29, 0.717) is 6.42 Å². The Morgan fingerprint density at radius 2 is 2.07 bits per heavy atom. The van der Waals surface area contributed by atoms with Crippen molar-refractivity contribution in [3.05, 3.63) is 24.0 Å². The van der Waals surface area contributed by atoms with Crippen LogP contribution >= 0.6 is 0 Å². The van der Waals surface area contributed by atoms with Gasteiger partial charge < -0.3 is 4.57 Å². The van der Waals surface area contributed by atoms with Gasteiger partial charge in [-0.2, -0.15) is 0 Å². The summed E-state index contributed by atoms with van der Waals surface area (Å²) >= 11 is 0. The largest absolute Gasteiger partial charge is 0.354 e. The number of nitrogens with zero attached hydrogens (tertiary/aromatic N) is 1. The molecule has 0 saturated carbocycles. The van der Waals surface area contributed by atoms with E-state index in [1.807, 2.05) is 6.20 Å². The molecular formula is C12H19NO. The summed E-state index contributed by atoms with van der Waals surface area (Å²) in [6, 6.07) is 2.13. The predicted molar refractivity (Wildman–Crippen MR) is 58.4 cm³/mol. The number of Topliss-reactive ketones (excluding diaryl/α,β-unsaturated/α-hetero) is 1. The summed E-state index contributed by atoms with van der Waals surface area (Å²) in [7, 11) is 0. The fourth-order valence-corrected chi connectivity index (χ4v) is 1.31. The van der Waals surface area contributed by atoms with E-state index >= 15 is 0 Å². The van der Waals surface area contributed by atoms with Gasteiger partial charge in [0.05, 0.1) is 0 Å². The zero-order valence-electron chi connectivity index (χ0n) is 9.50. The molecule has 2 heteroatoms. The van der Waals surface area contributed by atoms with E-state index in [2.05, 4.69) is 37.6 Å². The van der Waals surface area contributed by atoms with Crippen LogP contribution < -0.4 is 0 Å². The van der Waals surface area contributed by atoms with Gasteiger partial charge in [-0.3, -0.25) is 4.79 Å². The van der Waals surface area contributed by atoms with Gasteiger partial charge in [0, 0.05) is 25.4 Å². The molecule has 0 aliphatic heterocycles. The smallest absolute Gasteiger partial charge is 0.131 e. The van der Waals surface area contributed by atoms with Gasteiger partial charge in [0.1, 0.15) is 5.78 Å². The maximum Gasteiger partial charge on any atom is 0.131 e. The summed E-state index contributed by atoms with van der Waals surface area (Å²) in [6.07, 6.45) is 4.80. The molecule has 0 radical (unpaired) electrons. The molecule has 0 amide bonds. The van der Waals surface area contributed by atoms with Crippen LogP contribution in [0, 0.1) is 0 Å². The van der Waals surface area contributed by atoms with E-state index < -0.39 is 0 Å². The molecule has 0 aromatic carbocycles. The number of aromatic nitrogens is 1. The lowest BCUT2D eigenvalue weighted by atomic mass is 9.89. The summed E-state index contributed by atoms with van der Waals surface area (Å²) in [5.74, 6) is 0.246. The first-order valence-electron chi connectivity index (χ1n) is 5.05. The summed E-state index contributed by atoms with van der Waals surface area (Å²) in [5.41, 5.74) is 1.52. The molecule has 0 N–H and O–H groups in total. The number of carbonyl (C=O) groups is 1. The summed E-state index contributed by atoms with van der Waals surface area (Å²) < 4.78 is 2.09. The van der Waals surface area contributed by atoms with E-state index in [-0.39, 0.29) is 11.2 Å². The fraction of sp³-hybridized carbons (Fsp3) is 0.583. The molecule has 0 bridgehead atoms. The highest BCUT2D eigenvalue weighted by molar-refractivity contribution is 5.75. The topological polar surface area (TPSA) is 22.0 Å². The lowest BCUT2D eigenvalue weighted by molar-refractivity contribution is -0.117. The Kier molecular flexibility index (Phi) is 3.14. The second-order valence-corrected chi connectivity index (χ2v) is 4.84. The van der Waals surface area contributed by atoms with Crippen LogP contribution in [0.2, 0.25) is 0 Å². The SMILES string of the molecule is CC(=O)CCn1ccc(C(C)(C)C)c1. The predicted octanol–water partition coefficient (Wildman–Crippen LogP) is 2.76. The highest BCUT2D eigenvalue weighted by Gasteiger charge is 2.14. The first kappa shape index (κ1) is 11.0. The standard InChI is InChI=1S/C12H19NO/c1-10(14)5-7-13-8-6-11(9-13)12(2,3)4/h6,8-9H,5,7H2,1-4H3. The third kappa shape index (κ3) is 3.02. The fourth-order valence-electron chi connectivity index (χ4n) is 1.31. The normalized spacial score (nSPS) is 11.7. The van der Waals surface area contributed by atoms with E-state index in [4.69, 9.17) is 0 Å². The van der Waals surface area contributed by atoms with Crippen molar-refractivity contribution >= 4 is 5.78 Å². The van der Waals surface area contributed by atoms with Crippen molar-refractivity contribution in [2.24, 2.45) is 0 Å². The summed E-state index contributed by atoms with van der Waals surface area (Å²) in [5, 5.41) is 0. The molecule has 1 heterocycles. The van der Waals surface area contributed by atoms with Crippen LogP contribution in [0.4, 0.5) is 0 Å². The number of hydrogen-bond acceptors (Lipinski definition) is 1. The first-order chi connectivity index (χ1) is 6.39. The van der Waals surface area contributed by atoms with E-state index in [1.165, 1.54) is 5.56 Å². The molecule has 14 heavy (non-hydrogen) atoms. The average molecular weight is 193 g/mol. The number of rotatable bonds is 3. The van der Waals surface area contributed by atoms with Crippen molar-refractivity contribution in [2.75, 3.05) is 0 Å². The molecule has 0 fully saturated rings. The number of ketones is 1. The quantitative estimate of drug-likeness (QED) is 0.723. The molecular weight excluding hydrogens is 174 g/mol. The lowest BCUT2D eigenvalue weighted by Crippen LogP contribution is -2.09. The van der Waals surface area contributed by atoms with Gasteiger partial charge in [-0.25, -0.2) is 0 Å². The minimum Gasteiger partial charge on any atom is -0.354 e. The van der Waals surface area contributed by atoms with E-state index in [9.17, 15) is 4.79 Å². The van der Waals surface area contributed by atoms with Crippen LogP contribution in [-0.2, 0) is 16.8 Å². The second kappa shape index (κ2) is 3.99. The van der Waals surface area contributed by atoms with Gasteiger partial charge in [0.2, 0.25) is 0 Å². The van der Waals surface area contributed by atoms with Gasteiger partial charge >= 0.3 is 0 Å². The molecule has 0 aliphatic carbocycles. The highest BCUT2D eigenvalue weighted by atomic mass is 16.1. The molecule has 0 aliphatic rings. The third-order valence-corrected chi connectivity index (χ3v) is 2.34. The van der Waals surface area contributed by atoms with Crippen molar-refractivity contribution in [2.45, 2.75) is 46.1 Å². The van der Waals surface area contributed by atoms with Gasteiger partial charge in [-0.05, 0) is 24.0 Å². The molecule has 1 aromatic heterocycles. The van der Waals surface area contributed by atoms with Crippen LogP contribution in [0.15, 0.2) is 18.5 Å². The first-order valence-corrected chi connectivity index (χ1v) is 5.05. The van der Waals surface area contributed by atoms with E-state index in [0.717, 1.165) is 6.54 Å². The molecule has 2 nitrogen and oxygen atoms in total. The maximum absolute atomic E-state index is 10.8. The van der Waals surface area contributed by atoms with Crippen LogP contribution in [0.1, 0.15) is 39.7 Å². The third-order valence-electron chi connectivity index (χ3n) is 2.34. The number of carbonyl (C=O) groups excluding carboxylic acids is 1. The monoisotopic (exact) mass is 193 g/mol. The maximum atomic E-state index is 10.8. The van der Waals surface area contributed by atoms with Gasteiger partial charge in [0.25, 0.3) is 0 Å². The van der Waals surface area contributed by atoms with Crippen LogP contribution in [0.25, 0.3) is 0 Å². The van der Waals surface area contributed by atoms with Crippen molar-refractivity contribution in [1.29, 1.82) is 0 Å².